The van der Waals surface area contributed by atoms with Gasteiger partial charge in [0.15, 0.2) is 9.84 Å². The normalized spacial score (nSPS) is 19.1. The summed E-state index contributed by atoms with van der Waals surface area (Å²) in [5.74, 6) is 1.37. The summed E-state index contributed by atoms with van der Waals surface area (Å²) in [6, 6.07) is 17.0. The Morgan fingerprint density at radius 2 is 1.73 bits per heavy atom. The van der Waals surface area contributed by atoms with Gasteiger partial charge in [-0.1, -0.05) is 24.8 Å². The lowest BCUT2D eigenvalue weighted by molar-refractivity contribution is 0.546. The van der Waals surface area contributed by atoms with E-state index in [4.69, 9.17) is 4.98 Å². The molecule has 33 heavy (non-hydrogen) atoms. The van der Waals surface area contributed by atoms with E-state index < -0.39 is 9.84 Å². The number of imidazole rings is 1. The molecular weight excluding hydrogens is 432 g/mol. The second-order valence-electron chi connectivity index (χ2n) is 8.70. The SMILES string of the molecule is C=C1[C@H]2CC[C@@H]1n1c2nc(-c2ccccn2)c1-c1ccnc(-c2ccc(S(C)(=O)=O)cc2)c1. The lowest BCUT2D eigenvalue weighted by Crippen LogP contribution is -2.08. The van der Waals surface area contributed by atoms with E-state index in [9.17, 15) is 8.42 Å². The van der Waals surface area contributed by atoms with E-state index >= 15 is 0 Å². The maximum Gasteiger partial charge on any atom is 0.175 e. The molecule has 6 nitrogen and oxygen atoms in total. The summed E-state index contributed by atoms with van der Waals surface area (Å²) in [4.78, 5) is 14.5. The maximum absolute atomic E-state index is 11.8. The summed E-state index contributed by atoms with van der Waals surface area (Å²) in [5.41, 5.74) is 6.64. The Balaban J connectivity index is 1.51. The molecule has 0 N–H and O–H groups in total. The summed E-state index contributed by atoms with van der Waals surface area (Å²) in [6.45, 7) is 4.36. The number of hydrogen-bond acceptors (Lipinski definition) is 5. The Morgan fingerprint density at radius 3 is 2.45 bits per heavy atom. The average Bonchev–Trinajstić information content (AvgIpc) is 3.47. The molecule has 0 amide bonds. The third kappa shape index (κ3) is 3.15. The summed E-state index contributed by atoms with van der Waals surface area (Å²) in [6.07, 6.45) is 6.96. The first kappa shape index (κ1) is 20.1. The van der Waals surface area contributed by atoms with Crippen molar-refractivity contribution in [1.82, 2.24) is 19.5 Å². The minimum absolute atomic E-state index is 0.260. The number of rotatable bonds is 4. The van der Waals surface area contributed by atoms with Crippen molar-refractivity contribution in [2.24, 2.45) is 0 Å². The first-order chi connectivity index (χ1) is 15.9. The zero-order valence-corrected chi connectivity index (χ0v) is 19.0. The van der Waals surface area contributed by atoms with Gasteiger partial charge in [-0.3, -0.25) is 9.97 Å². The van der Waals surface area contributed by atoms with Crippen LogP contribution in [-0.2, 0) is 9.84 Å². The summed E-state index contributed by atoms with van der Waals surface area (Å²) >= 11 is 0. The molecule has 4 aromatic rings. The van der Waals surface area contributed by atoms with Crippen molar-refractivity contribution in [2.45, 2.75) is 29.7 Å². The van der Waals surface area contributed by atoms with E-state index in [1.54, 1.807) is 36.7 Å². The van der Waals surface area contributed by atoms with Gasteiger partial charge in [-0.15, -0.1) is 0 Å². The van der Waals surface area contributed by atoms with Crippen LogP contribution >= 0.6 is 0 Å². The van der Waals surface area contributed by atoms with E-state index in [1.807, 2.05) is 30.3 Å². The van der Waals surface area contributed by atoms with E-state index in [2.05, 4.69) is 21.1 Å². The van der Waals surface area contributed by atoms with Crippen molar-refractivity contribution in [1.29, 1.82) is 0 Å². The fourth-order valence-corrected chi connectivity index (χ4v) is 5.73. The highest BCUT2D eigenvalue weighted by Gasteiger charge is 2.44. The second kappa shape index (κ2) is 7.22. The van der Waals surface area contributed by atoms with Gasteiger partial charge in [-0.05, 0) is 54.8 Å². The Kier molecular flexibility index (Phi) is 4.39. The molecule has 3 aromatic heterocycles. The van der Waals surface area contributed by atoms with E-state index in [0.717, 1.165) is 52.6 Å². The number of fused-ring (bicyclic) bond motifs is 5. The molecule has 0 radical (unpaired) electrons. The molecule has 2 atom stereocenters. The number of aromatic nitrogens is 4. The van der Waals surface area contributed by atoms with Crippen molar-refractivity contribution < 1.29 is 8.42 Å². The second-order valence-corrected chi connectivity index (χ2v) is 10.7. The predicted molar refractivity (Wildman–Crippen MR) is 127 cm³/mol. The molecule has 7 heteroatoms. The molecule has 1 saturated carbocycles. The van der Waals surface area contributed by atoms with Crippen LogP contribution in [0.2, 0.25) is 0 Å². The van der Waals surface area contributed by atoms with E-state index in [1.165, 1.54) is 11.8 Å². The van der Waals surface area contributed by atoms with Crippen LogP contribution in [0, 0.1) is 0 Å². The molecule has 6 rings (SSSR count). The van der Waals surface area contributed by atoms with E-state index in [0.29, 0.717) is 10.8 Å². The Hall–Kier alpha value is -3.58. The number of pyridine rings is 2. The molecule has 4 heterocycles. The van der Waals surface area contributed by atoms with Gasteiger partial charge in [0, 0.05) is 35.7 Å². The van der Waals surface area contributed by atoms with Crippen LogP contribution in [0.4, 0.5) is 0 Å². The number of benzene rings is 1. The van der Waals surface area contributed by atoms with Gasteiger partial charge in [-0.25, -0.2) is 13.4 Å². The Bertz CT molecular complexity index is 1510. The van der Waals surface area contributed by atoms with Gasteiger partial charge in [0.05, 0.1) is 28.0 Å². The maximum atomic E-state index is 11.8. The molecule has 0 unspecified atom stereocenters. The zero-order valence-electron chi connectivity index (χ0n) is 18.1. The Morgan fingerprint density at radius 1 is 0.939 bits per heavy atom. The molecule has 164 valence electrons. The topological polar surface area (TPSA) is 77.7 Å². The number of sulfone groups is 1. The van der Waals surface area contributed by atoms with Crippen LogP contribution in [0.25, 0.3) is 33.9 Å². The standard InChI is InChI=1S/C26H22N4O2S/c1-16-20-10-11-23(16)30-25(24(29-26(20)30)21-5-3-4-13-27-21)18-12-14-28-22(15-18)17-6-8-19(9-7-17)33(2,31)32/h3-9,12-15,20,23H,1,10-11H2,2H3/t20-,23+/m1/s1. The van der Waals surface area contributed by atoms with Crippen LogP contribution in [0.3, 0.4) is 0 Å². The van der Waals surface area contributed by atoms with Crippen LogP contribution in [0.5, 0.6) is 0 Å². The highest BCUT2D eigenvalue weighted by molar-refractivity contribution is 7.90. The van der Waals surface area contributed by atoms with Crippen LogP contribution in [-0.4, -0.2) is 34.2 Å². The average molecular weight is 455 g/mol. The van der Waals surface area contributed by atoms with Gasteiger partial charge in [0.25, 0.3) is 0 Å². The number of allylic oxidation sites excluding steroid dienone is 1. The van der Waals surface area contributed by atoms with Gasteiger partial charge < -0.3 is 4.57 Å². The third-order valence-corrected chi connectivity index (χ3v) is 7.81. The molecule has 2 aliphatic rings. The largest absolute Gasteiger partial charge is 0.320 e. The first-order valence-electron chi connectivity index (χ1n) is 10.9. The molecule has 1 aliphatic heterocycles. The van der Waals surface area contributed by atoms with Crippen molar-refractivity contribution in [3.63, 3.8) is 0 Å². The van der Waals surface area contributed by atoms with Crippen molar-refractivity contribution >= 4 is 9.84 Å². The summed E-state index contributed by atoms with van der Waals surface area (Å²) in [7, 11) is -3.25. The number of hydrogen-bond donors (Lipinski definition) is 0. The minimum Gasteiger partial charge on any atom is -0.320 e. The first-order valence-corrected chi connectivity index (χ1v) is 12.8. The van der Waals surface area contributed by atoms with Gasteiger partial charge >= 0.3 is 0 Å². The van der Waals surface area contributed by atoms with Crippen molar-refractivity contribution in [3.8, 4) is 33.9 Å². The Labute approximate surface area is 192 Å². The highest BCUT2D eigenvalue weighted by Crippen LogP contribution is 2.55. The predicted octanol–water partition coefficient (Wildman–Crippen LogP) is 5.07. The third-order valence-electron chi connectivity index (χ3n) is 6.69. The van der Waals surface area contributed by atoms with Gasteiger partial charge in [0.1, 0.15) is 11.5 Å². The molecule has 0 saturated heterocycles. The fraction of sp³-hybridized carbons (Fsp3) is 0.192. The summed E-state index contributed by atoms with van der Waals surface area (Å²) in [5, 5.41) is 0. The minimum atomic E-state index is -3.25. The van der Waals surface area contributed by atoms with Crippen LogP contribution in [0.15, 0.2) is 84.0 Å². The fourth-order valence-electron chi connectivity index (χ4n) is 5.09. The molecule has 1 aliphatic carbocycles. The zero-order chi connectivity index (χ0) is 22.7. The quantitative estimate of drug-likeness (QED) is 0.403. The van der Waals surface area contributed by atoms with Crippen molar-refractivity contribution in [2.75, 3.05) is 6.26 Å². The van der Waals surface area contributed by atoms with Gasteiger partial charge in [-0.2, -0.15) is 0 Å². The van der Waals surface area contributed by atoms with Crippen LogP contribution < -0.4 is 0 Å². The number of nitrogens with zero attached hydrogens (tertiary/aromatic N) is 4. The molecule has 0 spiro atoms. The highest BCUT2D eigenvalue weighted by atomic mass is 32.2. The van der Waals surface area contributed by atoms with E-state index in [-0.39, 0.29) is 6.04 Å². The van der Waals surface area contributed by atoms with Crippen molar-refractivity contribution in [3.05, 3.63) is 85.0 Å². The smallest absolute Gasteiger partial charge is 0.175 e. The van der Waals surface area contributed by atoms with Gasteiger partial charge in [0.2, 0.25) is 0 Å². The monoisotopic (exact) mass is 454 g/mol. The lowest BCUT2D eigenvalue weighted by atomic mass is 10.0. The molecule has 1 aromatic carbocycles. The van der Waals surface area contributed by atoms with Crippen LogP contribution in [0.1, 0.15) is 30.6 Å². The molecule has 1 fully saturated rings. The lowest BCUT2D eigenvalue weighted by Gasteiger charge is -2.17. The molecule has 2 bridgehead atoms. The summed E-state index contributed by atoms with van der Waals surface area (Å²) < 4.78 is 26.0. The molecular formula is C26H22N4O2S.